The Kier molecular flexibility index (Phi) is 4.47. The highest BCUT2D eigenvalue weighted by molar-refractivity contribution is 5.77. The lowest BCUT2D eigenvalue weighted by Crippen LogP contribution is -2.34. The number of aliphatic carboxylic acids is 1. The van der Waals surface area contributed by atoms with Crippen LogP contribution in [0, 0.1) is 12.8 Å². The van der Waals surface area contributed by atoms with Crippen LogP contribution in [0.4, 0.5) is 5.82 Å². The molecule has 2 aromatic heterocycles. The molecule has 0 aliphatic rings. The smallest absolute Gasteiger partial charge is 0.326 e. The zero-order valence-corrected chi connectivity index (χ0v) is 12.2. The van der Waals surface area contributed by atoms with E-state index in [4.69, 9.17) is 0 Å². The van der Waals surface area contributed by atoms with E-state index >= 15 is 0 Å². The summed E-state index contributed by atoms with van der Waals surface area (Å²) in [5, 5.41) is 12.2. The lowest BCUT2D eigenvalue weighted by atomic mass is 10.1. The maximum Gasteiger partial charge on any atom is 0.326 e. The molecule has 2 N–H and O–H groups in total. The number of carboxylic acids is 1. The van der Waals surface area contributed by atoms with Gasteiger partial charge in [0.2, 0.25) is 0 Å². The molecule has 0 bridgehead atoms. The summed E-state index contributed by atoms with van der Waals surface area (Å²) in [5.74, 6) is 0.00645. The van der Waals surface area contributed by atoms with E-state index in [0.29, 0.717) is 17.3 Å². The molecular weight excluding hydrogens is 268 g/mol. The predicted octanol–water partition coefficient (Wildman–Crippen LogP) is 2.37. The zero-order valence-electron chi connectivity index (χ0n) is 12.2. The number of anilines is 1. The maximum absolute atomic E-state index is 11.3. The third kappa shape index (κ3) is 3.75. The van der Waals surface area contributed by atoms with Gasteiger partial charge in [0.05, 0.1) is 0 Å². The van der Waals surface area contributed by atoms with Crippen molar-refractivity contribution < 1.29 is 9.90 Å². The lowest BCUT2D eigenvalue weighted by Gasteiger charge is -2.19. The number of aromatic nitrogens is 3. The minimum absolute atomic E-state index is 0.0592. The summed E-state index contributed by atoms with van der Waals surface area (Å²) >= 11 is 0. The van der Waals surface area contributed by atoms with Crippen LogP contribution in [0.15, 0.2) is 30.5 Å². The van der Waals surface area contributed by atoms with Gasteiger partial charge in [-0.1, -0.05) is 19.9 Å². The molecule has 110 valence electrons. The molecule has 2 aromatic rings. The molecule has 0 saturated carbocycles. The van der Waals surface area contributed by atoms with Gasteiger partial charge in [-0.3, -0.25) is 4.98 Å². The summed E-state index contributed by atoms with van der Waals surface area (Å²) in [4.78, 5) is 24.2. The number of hydrogen-bond acceptors (Lipinski definition) is 5. The van der Waals surface area contributed by atoms with E-state index in [1.807, 2.05) is 39.0 Å². The van der Waals surface area contributed by atoms with Gasteiger partial charge in [-0.2, -0.15) is 0 Å². The molecule has 2 rings (SSSR count). The minimum Gasteiger partial charge on any atom is -0.480 e. The molecule has 2 heterocycles. The van der Waals surface area contributed by atoms with Crippen LogP contribution in [0.3, 0.4) is 0 Å². The van der Waals surface area contributed by atoms with Crippen LogP contribution in [-0.4, -0.2) is 32.1 Å². The highest BCUT2D eigenvalue weighted by Gasteiger charge is 2.22. The number of pyridine rings is 1. The Balaban J connectivity index is 2.33. The summed E-state index contributed by atoms with van der Waals surface area (Å²) in [6, 6.07) is 6.52. The van der Waals surface area contributed by atoms with Crippen LogP contribution in [0.25, 0.3) is 11.5 Å². The molecule has 0 fully saturated rings. The summed E-state index contributed by atoms with van der Waals surface area (Å²) in [7, 11) is 0. The summed E-state index contributed by atoms with van der Waals surface area (Å²) in [6.45, 7) is 5.53. The molecule has 1 atom stereocenters. The van der Waals surface area contributed by atoms with Gasteiger partial charge in [0.25, 0.3) is 0 Å². The van der Waals surface area contributed by atoms with Crippen molar-refractivity contribution >= 4 is 11.8 Å². The van der Waals surface area contributed by atoms with Gasteiger partial charge in [-0.15, -0.1) is 0 Å². The first-order valence-corrected chi connectivity index (χ1v) is 6.74. The largest absolute Gasteiger partial charge is 0.480 e. The molecule has 0 aliphatic carbocycles. The number of carboxylic acid groups (broad SMARTS) is 1. The van der Waals surface area contributed by atoms with Crippen LogP contribution in [-0.2, 0) is 4.79 Å². The van der Waals surface area contributed by atoms with Crippen molar-refractivity contribution in [2.75, 3.05) is 5.32 Å². The molecule has 0 saturated heterocycles. The molecule has 6 heteroatoms. The first-order chi connectivity index (χ1) is 9.97. The number of carbonyl (C=O) groups is 1. The fraction of sp³-hybridized carbons (Fsp3) is 0.333. The number of nitrogens with zero attached hydrogens (tertiary/aromatic N) is 3. The Bertz CT molecular complexity index is 629. The van der Waals surface area contributed by atoms with E-state index in [0.717, 1.165) is 5.69 Å². The molecule has 0 aromatic carbocycles. The number of aryl methyl sites for hydroxylation is 1. The quantitative estimate of drug-likeness (QED) is 0.877. The van der Waals surface area contributed by atoms with Crippen LogP contribution in [0.1, 0.15) is 19.5 Å². The van der Waals surface area contributed by atoms with Crippen LogP contribution in [0.5, 0.6) is 0 Å². The van der Waals surface area contributed by atoms with Gasteiger partial charge in [0, 0.05) is 18.0 Å². The van der Waals surface area contributed by atoms with E-state index < -0.39 is 12.0 Å². The van der Waals surface area contributed by atoms with Gasteiger partial charge in [0.1, 0.15) is 17.6 Å². The number of hydrogen-bond donors (Lipinski definition) is 2. The van der Waals surface area contributed by atoms with Crippen molar-refractivity contribution in [1.82, 2.24) is 15.0 Å². The summed E-state index contributed by atoms with van der Waals surface area (Å²) in [5.41, 5.74) is 1.40. The third-order valence-electron chi connectivity index (χ3n) is 2.98. The molecule has 0 aliphatic heterocycles. The van der Waals surface area contributed by atoms with Crippen LogP contribution >= 0.6 is 0 Å². The van der Waals surface area contributed by atoms with Gasteiger partial charge in [-0.05, 0) is 25.0 Å². The second kappa shape index (κ2) is 6.30. The molecule has 0 amide bonds. The fourth-order valence-corrected chi connectivity index (χ4v) is 1.92. The van der Waals surface area contributed by atoms with Crippen molar-refractivity contribution in [3.05, 3.63) is 36.2 Å². The first-order valence-electron chi connectivity index (χ1n) is 6.74. The lowest BCUT2D eigenvalue weighted by molar-refractivity contribution is -0.138. The highest BCUT2D eigenvalue weighted by Crippen LogP contribution is 2.17. The van der Waals surface area contributed by atoms with Gasteiger partial charge < -0.3 is 10.4 Å². The van der Waals surface area contributed by atoms with Crippen molar-refractivity contribution in [2.45, 2.75) is 26.8 Å². The first kappa shape index (κ1) is 14.9. The number of nitrogens with one attached hydrogen (secondary N) is 1. The highest BCUT2D eigenvalue weighted by atomic mass is 16.4. The Labute approximate surface area is 123 Å². The van der Waals surface area contributed by atoms with E-state index in [9.17, 15) is 9.90 Å². The van der Waals surface area contributed by atoms with Crippen molar-refractivity contribution in [3.8, 4) is 11.5 Å². The topological polar surface area (TPSA) is 88.0 Å². The zero-order chi connectivity index (χ0) is 15.4. The monoisotopic (exact) mass is 286 g/mol. The van der Waals surface area contributed by atoms with E-state index in [-0.39, 0.29) is 5.92 Å². The molecular formula is C15H18N4O2. The van der Waals surface area contributed by atoms with E-state index in [2.05, 4.69) is 20.3 Å². The molecule has 0 radical (unpaired) electrons. The Morgan fingerprint density at radius 2 is 2.05 bits per heavy atom. The normalized spacial score (nSPS) is 12.2. The van der Waals surface area contributed by atoms with E-state index in [1.54, 1.807) is 12.3 Å². The molecule has 21 heavy (non-hydrogen) atoms. The van der Waals surface area contributed by atoms with Gasteiger partial charge in [-0.25, -0.2) is 14.8 Å². The maximum atomic E-state index is 11.3. The second-order valence-corrected chi connectivity index (χ2v) is 5.14. The average molecular weight is 286 g/mol. The van der Waals surface area contributed by atoms with Crippen molar-refractivity contribution in [3.63, 3.8) is 0 Å². The standard InChI is InChI=1S/C15H18N4O2/c1-9(2)13(15(20)21)18-12-8-10(3)17-14(19-12)11-6-4-5-7-16-11/h4-9,13H,1-3H3,(H,20,21)(H,17,18,19)/t13-/m1/s1. The predicted molar refractivity (Wildman–Crippen MR) is 79.9 cm³/mol. The van der Waals surface area contributed by atoms with Crippen LogP contribution < -0.4 is 5.32 Å². The fourth-order valence-electron chi connectivity index (χ4n) is 1.92. The van der Waals surface area contributed by atoms with Crippen LogP contribution in [0.2, 0.25) is 0 Å². The minimum atomic E-state index is -0.902. The number of rotatable bonds is 5. The Morgan fingerprint density at radius 1 is 1.29 bits per heavy atom. The van der Waals surface area contributed by atoms with Crippen molar-refractivity contribution in [1.29, 1.82) is 0 Å². The average Bonchev–Trinajstić information content (AvgIpc) is 2.44. The molecule has 6 nitrogen and oxygen atoms in total. The summed E-state index contributed by atoms with van der Waals surface area (Å²) < 4.78 is 0. The van der Waals surface area contributed by atoms with E-state index in [1.165, 1.54) is 0 Å². The van der Waals surface area contributed by atoms with Gasteiger partial charge in [0.15, 0.2) is 5.82 Å². The summed E-state index contributed by atoms with van der Waals surface area (Å²) in [6.07, 6.45) is 1.67. The van der Waals surface area contributed by atoms with Gasteiger partial charge >= 0.3 is 5.97 Å². The SMILES string of the molecule is Cc1cc(N[C@@H](C(=O)O)C(C)C)nc(-c2ccccn2)n1. The van der Waals surface area contributed by atoms with Crippen molar-refractivity contribution in [2.24, 2.45) is 5.92 Å². The second-order valence-electron chi connectivity index (χ2n) is 5.14. The Morgan fingerprint density at radius 3 is 2.62 bits per heavy atom. The third-order valence-corrected chi connectivity index (χ3v) is 2.98. The molecule has 0 spiro atoms. The molecule has 0 unspecified atom stereocenters. The Hall–Kier alpha value is -2.50.